The Morgan fingerprint density at radius 1 is 1.06 bits per heavy atom. The van der Waals surface area contributed by atoms with Crippen molar-refractivity contribution in [1.82, 2.24) is 25.1 Å². The SMILES string of the molecule is CCOc1ccc(NC(=O)CN(C)C(=O)c2ccccc2-n2cnnn2)cc1OCC. The lowest BCUT2D eigenvalue weighted by molar-refractivity contribution is -0.116. The number of anilines is 1. The lowest BCUT2D eigenvalue weighted by atomic mass is 10.1. The minimum absolute atomic E-state index is 0.139. The number of ether oxygens (including phenoxy) is 2. The van der Waals surface area contributed by atoms with Crippen LogP contribution in [0.4, 0.5) is 5.69 Å². The van der Waals surface area contributed by atoms with Crippen molar-refractivity contribution in [3.63, 3.8) is 0 Å². The Bertz CT molecular complexity index is 1040. The Morgan fingerprint density at radius 3 is 2.52 bits per heavy atom. The van der Waals surface area contributed by atoms with E-state index < -0.39 is 0 Å². The number of likely N-dealkylation sites (N-methyl/N-ethyl adjacent to an activating group) is 1. The molecule has 2 amide bonds. The topological polar surface area (TPSA) is 111 Å². The summed E-state index contributed by atoms with van der Waals surface area (Å²) in [5, 5.41) is 13.8. The maximum absolute atomic E-state index is 12.9. The molecule has 0 atom stereocenters. The largest absolute Gasteiger partial charge is 0.490 e. The zero-order chi connectivity index (χ0) is 22.2. The van der Waals surface area contributed by atoms with Gasteiger partial charge in [0.1, 0.15) is 6.33 Å². The quantitative estimate of drug-likeness (QED) is 0.560. The second-order valence-electron chi connectivity index (χ2n) is 6.51. The van der Waals surface area contributed by atoms with Crippen LogP contribution in [0.25, 0.3) is 5.69 Å². The van der Waals surface area contributed by atoms with Crippen LogP contribution >= 0.6 is 0 Å². The summed E-state index contributed by atoms with van der Waals surface area (Å²) in [6, 6.07) is 12.1. The number of para-hydroxylation sites is 1. The molecule has 0 spiro atoms. The first-order chi connectivity index (χ1) is 15.0. The van der Waals surface area contributed by atoms with E-state index in [1.54, 1.807) is 49.5 Å². The Hall–Kier alpha value is -3.95. The van der Waals surface area contributed by atoms with Crippen LogP contribution in [0.3, 0.4) is 0 Å². The van der Waals surface area contributed by atoms with Gasteiger partial charge in [0.2, 0.25) is 5.91 Å². The average Bonchev–Trinajstić information content (AvgIpc) is 3.30. The first kappa shape index (κ1) is 21.8. The third-order valence-electron chi connectivity index (χ3n) is 4.28. The van der Waals surface area contributed by atoms with Crippen molar-refractivity contribution >= 4 is 17.5 Å². The lowest BCUT2D eigenvalue weighted by Crippen LogP contribution is -2.35. The fraction of sp³-hybridized carbons (Fsp3) is 0.286. The maximum Gasteiger partial charge on any atom is 0.256 e. The molecule has 0 unspecified atom stereocenters. The van der Waals surface area contributed by atoms with E-state index in [0.29, 0.717) is 41.7 Å². The molecule has 2 aromatic carbocycles. The minimum Gasteiger partial charge on any atom is -0.490 e. The number of carbonyl (C=O) groups excluding carboxylic acids is 2. The van der Waals surface area contributed by atoms with E-state index in [9.17, 15) is 9.59 Å². The fourth-order valence-electron chi connectivity index (χ4n) is 2.95. The van der Waals surface area contributed by atoms with Crippen molar-refractivity contribution in [2.75, 3.05) is 32.1 Å². The van der Waals surface area contributed by atoms with Gasteiger partial charge >= 0.3 is 0 Å². The Labute approximate surface area is 179 Å². The molecule has 0 aliphatic rings. The average molecular weight is 424 g/mol. The minimum atomic E-state index is -0.345. The summed E-state index contributed by atoms with van der Waals surface area (Å²) < 4.78 is 12.5. The van der Waals surface area contributed by atoms with Gasteiger partial charge in [-0.3, -0.25) is 9.59 Å². The molecule has 0 aliphatic carbocycles. The Kier molecular flexibility index (Phi) is 7.15. The summed E-state index contributed by atoms with van der Waals surface area (Å²) in [6.45, 7) is 4.59. The smallest absolute Gasteiger partial charge is 0.256 e. The number of tetrazole rings is 1. The third-order valence-corrected chi connectivity index (χ3v) is 4.28. The summed E-state index contributed by atoms with van der Waals surface area (Å²) in [6.07, 6.45) is 1.40. The maximum atomic E-state index is 12.9. The van der Waals surface area contributed by atoms with Crippen molar-refractivity contribution in [3.05, 3.63) is 54.4 Å². The molecular weight excluding hydrogens is 400 g/mol. The Balaban J connectivity index is 1.69. The highest BCUT2D eigenvalue weighted by atomic mass is 16.5. The molecular formula is C21H24N6O4. The van der Waals surface area contributed by atoms with Gasteiger partial charge in [-0.2, -0.15) is 4.68 Å². The third kappa shape index (κ3) is 5.35. The molecule has 0 saturated heterocycles. The molecule has 162 valence electrons. The van der Waals surface area contributed by atoms with E-state index in [1.165, 1.54) is 15.9 Å². The van der Waals surface area contributed by atoms with Gasteiger partial charge in [-0.25, -0.2) is 0 Å². The highest BCUT2D eigenvalue weighted by molar-refractivity contribution is 6.01. The van der Waals surface area contributed by atoms with E-state index in [0.717, 1.165) is 0 Å². The summed E-state index contributed by atoms with van der Waals surface area (Å²) in [5.41, 5.74) is 1.45. The van der Waals surface area contributed by atoms with E-state index in [2.05, 4.69) is 20.8 Å². The van der Waals surface area contributed by atoms with Crippen LogP contribution in [-0.2, 0) is 4.79 Å². The second-order valence-corrected chi connectivity index (χ2v) is 6.51. The van der Waals surface area contributed by atoms with Crippen molar-refractivity contribution < 1.29 is 19.1 Å². The normalized spacial score (nSPS) is 10.4. The number of hydrogen-bond acceptors (Lipinski definition) is 7. The van der Waals surface area contributed by atoms with Crippen LogP contribution in [-0.4, -0.2) is 63.7 Å². The van der Waals surface area contributed by atoms with E-state index >= 15 is 0 Å². The Morgan fingerprint density at radius 2 is 1.81 bits per heavy atom. The zero-order valence-electron chi connectivity index (χ0n) is 17.6. The van der Waals surface area contributed by atoms with Gasteiger partial charge in [-0.05, 0) is 48.5 Å². The van der Waals surface area contributed by atoms with Crippen LogP contribution in [0.2, 0.25) is 0 Å². The molecule has 1 heterocycles. The van der Waals surface area contributed by atoms with Gasteiger partial charge in [0.25, 0.3) is 5.91 Å². The number of hydrogen-bond donors (Lipinski definition) is 1. The van der Waals surface area contributed by atoms with Gasteiger partial charge in [-0.15, -0.1) is 5.10 Å². The number of nitrogens with one attached hydrogen (secondary N) is 1. The van der Waals surface area contributed by atoms with Gasteiger partial charge in [0.05, 0.1) is 31.0 Å². The number of nitrogens with zero attached hydrogens (tertiary/aromatic N) is 5. The first-order valence-electron chi connectivity index (χ1n) is 9.80. The van der Waals surface area contributed by atoms with Crippen molar-refractivity contribution in [3.8, 4) is 17.2 Å². The van der Waals surface area contributed by atoms with Crippen LogP contribution in [0, 0.1) is 0 Å². The first-order valence-corrected chi connectivity index (χ1v) is 9.80. The molecule has 10 heteroatoms. The summed E-state index contributed by atoms with van der Waals surface area (Å²) in [4.78, 5) is 26.8. The van der Waals surface area contributed by atoms with Crippen LogP contribution in [0.1, 0.15) is 24.2 Å². The van der Waals surface area contributed by atoms with Gasteiger partial charge < -0.3 is 19.7 Å². The molecule has 10 nitrogen and oxygen atoms in total. The molecule has 1 aromatic heterocycles. The van der Waals surface area contributed by atoms with Crippen LogP contribution in [0.15, 0.2) is 48.8 Å². The highest BCUT2D eigenvalue weighted by Gasteiger charge is 2.19. The standard InChI is InChI=1S/C21H24N6O4/c1-4-30-18-11-10-15(12-19(18)31-5-2)23-20(28)13-26(3)21(29)16-8-6-7-9-17(16)27-14-22-24-25-27/h6-12,14H,4-5,13H2,1-3H3,(H,23,28). The number of benzene rings is 2. The molecule has 0 bridgehead atoms. The number of aromatic nitrogens is 4. The predicted octanol–water partition coefficient (Wildman–Crippen LogP) is 2.17. The van der Waals surface area contributed by atoms with Crippen molar-refractivity contribution in [2.45, 2.75) is 13.8 Å². The molecule has 3 rings (SSSR count). The summed E-state index contributed by atoms with van der Waals surface area (Å²) >= 11 is 0. The molecule has 0 fully saturated rings. The van der Waals surface area contributed by atoms with E-state index in [1.807, 2.05) is 13.8 Å². The number of carbonyl (C=O) groups is 2. The van der Waals surface area contributed by atoms with Gasteiger partial charge in [0.15, 0.2) is 11.5 Å². The predicted molar refractivity (Wildman–Crippen MR) is 114 cm³/mol. The van der Waals surface area contributed by atoms with Gasteiger partial charge in [-0.1, -0.05) is 12.1 Å². The van der Waals surface area contributed by atoms with Crippen LogP contribution < -0.4 is 14.8 Å². The molecule has 3 aromatic rings. The van der Waals surface area contributed by atoms with Crippen molar-refractivity contribution in [2.24, 2.45) is 0 Å². The molecule has 31 heavy (non-hydrogen) atoms. The summed E-state index contributed by atoms with van der Waals surface area (Å²) in [7, 11) is 1.56. The second kappa shape index (κ2) is 10.2. The number of amides is 2. The molecule has 0 saturated carbocycles. The highest BCUT2D eigenvalue weighted by Crippen LogP contribution is 2.30. The fourth-order valence-corrected chi connectivity index (χ4v) is 2.95. The summed E-state index contributed by atoms with van der Waals surface area (Å²) in [5.74, 6) is 0.473. The zero-order valence-corrected chi connectivity index (χ0v) is 17.6. The van der Waals surface area contributed by atoms with Gasteiger partial charge in [0, 0.05) is 18.8 Å². The van der Waals surface area contributed by atoms with Crippen LogP contribution in [0.5, 0.6) is 11.5 Å². The van der Waals surface area contributed by atoms with Crippen molar-refractivity contribution in [1.29, 1.82) is 0 Å². The molecule has 0 radical (unpaired) electrons. The molecule has 1 N–H and O–H groups in total. The monoisotopic (exact) mass is 424 g/mol. The number of rotatable bonds is 9. The van der Waals surface area contributed by atoms with E-state index in [4.69, 9.17) is 9.47 Å². The van der Waals surface area contributed by atoms with E-state index in [-0.39, 0.29) is 18.4 Å². The lowest BCUT2D eigenvalue weighted by Gasteiger charge is -2.19. The molecule has 0 aliphatic heterocycles.